The van der Waals surface area contributed by atoms with E-state index in [1.165, 1.54) is 10.7 Å². The number of halogens is 1. The number of nitrogens with one attached hydrogen (secondary N) is 2. The number of pyridine rings is 1. The summed E-state index contributed by atoms with van der Waals surface area (Å²) in [5.41, 5.74) is 9.96. The number of nitrogens with zero attached hydrogens (tertiary/aromatic N) is 2. The predicted octanol–water partition coefficient (Wildman–Crippen LogP) is 5.48. The summed E-state index contributed by atoms with van der Waals surface area (Å²) in [6, 6.07) is 12.1. The number of hydrogen-bond donors (Lipinski definition) is 3. The van der Waals surface area contributed by atoms with Crippen LogP contribution in [0, 0.1) is 17.9 Å². The van der Waals surface area contributed by atoms with Gasteiger partial charge in [-0.3, -0.25) is 5.41 Å². The van der Waals surface area contributed by atoms with Gasteiger partial charge in [0.25, 0.3) is 0 Å². The lowest BCUT2D eigenvalue weighted by Gasteiger charge is -2.28. The summed E-state index contributed by atoms with van der Waals surface area (Å²) >= 11 is 6.07. The predicted molar refractivity (Wildman–Crippen MR) is 115 cm³/mol. The Labute approximate surface area is 178 Å². The van der Waals surface area contributed by atoms with Crippen molar-refractivity contribution in [1.29, 1.82) is 10.9 Å². The van der Waals surface area contributed by atoms with Crippen molar-refractivity contribution in [2.75, 3.05) is 0 Å². The molecule has 0 fully saturated rings. The van der Waals surface area contributed by atoms with Crippen LogP contribution < -0.4 is 5.49 Å². The van der Waals surface area contributed by atoms with E-state index in [1.807, 2.05) is 12.1 Å². The molecule has 8 heteroatoms. The Bertz CT molecular complexity index is 1190. The summed E-state index contributed by atoms with van der Waals surface area (Å²) in [6.45, 7) is 7.21. The van der Waals surface area contributed by atoms with E-state index in [4.69, 9.17) is 27.3 Å². The standard InChI is InChI=1S/C22H23ClN4O3/c1-12-11-16-15(9-10-17(24)27(16)26-25)19(13-5-7-14(23)8-6-13)18(12)20(21(28)29)30-22(2,3)4/h5-11,20,24-25H,1-4H3,(H,28,29)/t20-/m0/s1. The molecule has 2 aromatic carbocycles. The van der Waals surface area contributed by atoms with Crippen LogP contribution in [0.3, 0.4) is 0 Å². The summed E-state index contributed by atoms with van der Waals surface area (Å²) < 4.78 is 7.15. The molecule has 3 aromatic rings. The van der Waals surface area contributed by atoms with Crippen LogP contribution in [0.25, 0.3) is 22.0 Å². The van der Waals surface area contributed by atoms with Crippen molar-refractivity contribution < 1.29 is 14.6 Å². The molecule has 0 bridgehead atoms. The van der Waals surface area contributed by atoms with E-state index >= 15 is 0 Å². The SMILES string of the molecule is Cc1cc2c(ccc(=N)n2N=N)c(-c2ccc(Cl)cc2)c1[C@H](OC(C)(C)C)C(=O)O. The molecule has 156 valence electrons. The van der Waals surface area contributed by atoms with Crippen LogP contribution in [0.15, 0.2) is 47.7 Å². The Morgan fingerprint density at radius 2 is 1.83 bits per heavy atom. The zero-order chi connectivity index (χ0) is 22.2. The maximum atomic E-state index is 12.3. The summed E-state index contributed by atoms with van der Waals surface area (Å²) in [5, 5.41) is 22.8. The summed E-state index contributed by atoms with van der Waals surface area (Å²) in [6.07, 6.45) is -1.21. The van der Waals surface area contributed by atoms with Crippen molar-refractivity contribution in [2.45, 2.75) is 39.4 Å². The minimum Gasteiger partial charge on any atom is -0.479 e. The number of carboxylic acids is 1. The Hall–Kier alpha value is -3.03. The molecule has 3 rings (SSSR count). The molecule has 0 saturated carbocycles. The van der Waals surface area contributed by atoms with Gasteiger partial charge in [-0.25, -0.2) is 4.79 Å². The first-order valence-electron chi connectivity index (χ1n) is 9.31. The van der Waals surface area contributed by atoms with Crippen LogP contribution in [0.1, 0.15) is 38.0 Å². The summed E-state index contributed by atoms with van der Waals surface area (Å²) in [5.74, 6) is -1.10. The quantitative estimate of drug-likeness (QED) is 0.469. The number of carboxylic acid groups (broad SMARTS) is 1. The second kappa shape index (κ2) is 8.01. The Balaban J connectivity index is 2.49. The average Bonchev–Trinajstić information content (AvgIpc) is 2.65. The van der Waals surface area contributed by atoms with Crippen molar-refractivity contribution in [3.63, 3.8) is 0 Å². The molecule has 0 saturated heterocycles. The highest BCUT2D eigenvalue weighted by Crippen LogP contribution is 2.40. The van der Waals surface area contributed by atoms with Crippen molar-refractivity contribution in [3.05, 3.63) is 64.1 Å². The number of rotatable bonds is 5. The van der Waals surface area contributed by atoms with Gasteiger partial charge in [0.2, 0.25) is 0 Å². The highest BCUT2D eigenvalue weighted by molar-refractivity contribution is 6.30. The van der Waals surface area contributed by atoms with Crippen molar-refractivity contribution in [1.82, 2.24) is 4.68 Å². The summed E-state index contributed by atoms with van der Waals surface area (Å²) in [7, 11) is 0. The molecule has 0 amide bonds. The second-order valence-electron chi connectivity index (χ2n) is 8.00. The normalized spacial score (nSPS) is 12.7. The molecule has 1 atom stereocenters. The van der Waals surface area contributed by atoms with Crippen molar-refractivity contribution >= 4 is 28.5 Å². The number of carbonyl (C=O) groups is 1. The van der Waals surface area contributed by atoms with E-state index in [-0.39, 0.29) is 5.49 Å². The van der Waals surface area contributed by atoms with Crippen LogP contribution in [0.4, 0.5) is 0 Å². The number of hydrogen-bond acceptors (Lipinski definition) is 5. The number of benzene rings is 2. The number of ether oxygens (including phenoxy) is 1. The van der Waals surface area contributed by atoms with Crippen molar-refractivity contribution in [3.8, 4) is 11.1 Å². The molecule has 7 nitrogen and oxygen atoms in total. The van der Waals surface area contributed by atoms with Gasteiger partial charge in [0.1, 0.15) is 5.49 Å². The Morgan fingerprint density at radius 3 is 2.37 bits per heavy atom. The van der Waals surface area contributed by atoms with Crippen LogP contribution in [-0.4, -0.2) is 21.4 Å². The van der Waals surface area contributed by atoms with E-state index < -0.39 is 17.7 Å². The van der Waals surface area contributed by atoms with Crippen LogP contribution in [0.2, 0.25) is 5.02 Å². The van der Waals surface area contributed by atoms with Crippen LogP contribution >= 0.6 is 11.6 Å². The van der Waals surface area contributed by atoms with Gasteiger partial charge in [0.05, 0.1) is 11.1 Å². The minimum absolute atomic E-state index is 0.0485. The second-order valence-corrected chi connectivity index (χ2v) is 8.44. The molecule has 30 heavy (non-hydrogen) atoms. The van der Waals surface area contributed by atoms with E-state index in [2.05, 4.69) is 5.22 Å². The molecule has 0 aliphatic rings. The van der Waals surface area contributed by atoms with Crippen LogP contribution in [-0.2, 0) is 9.53 Å². The molecule has 1 heterocycles. The Kier molecular flexibility index (Phi) is 5.78. The van der Waals surface area contributed by atoms with Gasteiger partial charge < -0.3 is 9.84 Å². The smallest absolute Gasteiger partial charge is 0.337 e. The summed E-state index contributed by atoms with van der Waals surface area (Å²) in [4.78, 5) is 12.3. The monoisotopic (exact) mass is 426 g/mol. The minimum atomic E-state index is -1.21. The topological polar surface area (TPSA) is 112 Å². The first-order valence-corrected chi connectivity index (χ1v) is 9.69. The van der Waals surface area contributed by atoms with Gasteiger partial charge in [0, 0.05) is 16.0 Å². The van der Waals surface area contributed by atoms with E-state index in [0.29, 0.717) is 32.6 Å². The fourth-order valence-electron chi connectivity index (χ4n) is 3.50. The lowest BCUT2D eigenvalue weighted by Crippen LogP contribution is -2.28. The van der Waals surface area contributed by atoms with E-state index in [1.54, 1.807) is 52.0 Å². The largest absolute Gasteiger partial charge is 0.479 e. The number of aryl methyl sites for hydroxylation is 1. The third-order valence-corrected chi connectivity index (χ3v) is 4.90. The first-order chi connectivity index (χ1) is 14.0. The van der Waals surface area contributed by atoms with E-state index in [0.717, 1.165) is 5.56 Å². The molecular weight excluding hydrogens is 404 g/mol. The molecule has 1 aromatic heterocycles. The number of aliphatic carboxylic acids is 1. The molecule has 3 N–H and O–H groups in total. The molecule has 0 unspecified atom stereocenters. The fraction of sp³-hybridized carbons (Fsp3) is 0.273. The van der Waals surface area contributed by atoms with Gasteiger partial charge in [-0.15, -0.1) is 0 Å². The maximum Gasteiger partial charge on any atom is 0.337 e. The maximum absolute atomic E-state index is 12.3. The highest BCUT2D eigenvalue weighted by Gasteiger charge is 2.31. The third kappa shape index (κ3) is 4.13. The zero-order valence-corrected chi connectivity index (χ0v) is 17.9. The molecule has 0 spiro atoms. The zero-order valence-electron chi connectivity index (χ0n) is 17.2. The molecular formula is C22H23ClN4O3. The highest BCUT2D eigenvalue weighted by atomic mass is 35.5. The Morgan fingerprint density at radius 1 is 1.20 bits per heavy atom. The molecule has 0 radical (unpaired) electrons. The van der Waals surface area contributed by atoms with Gasteiger partial charge in [-0.05, 0) is 74.7 Å². The molecule has 0 aliphatic heterocycles. The molecule has 0 aliphatic carbocycles. The fourth-order valence-corrected chi connectivity index (χ4v) is 3.62. The van der Waals surface area contributed by atoms with Gasteiger partial charge >= 0.3 is 5.97 Å². The van der Waals surface area contributed by atoms with E-state index in [9.17, 15) is 9.90 Å². The number of aromatic nitrogens is 1. The lowest BCUT2D eigenvalue weighted by atomic mass is 9.88. The number of fused-ring (bicyclic) bond motifs is 1. The van der Waals surface area contributed by atoms with Crippen molar-refractivity contribution in [2.24, 2.45) is 5.22 Å². The van der Waals surface area contributed by atoms with Gasteiger partial charge in [-0.1, -0.05) is 29.0 Å². The average molecular weight is 427 g/mol. The first kappa shape index (κ1) is 21.7. The van der Waals surface area contributed by atoms with Gasteiger partial charge in [0.15, 0.2) is 6.10 Å². The lowest BCUT2D eigenvalue weighted by molar-refractivity contribution is -0.160. The third-order valence-electron chi connectivity index (χ3n) is 4.65. The van der Waals surface area contributed by atoms with Gasteiger partial charge in [-0.2, -0.15) is 10.2 Å². The van der Waals surface area contributed by atoms with Crippen LogP contribution in [0.5, 0.6) is 0 Å².